The van der Waals surface area contributed by atoms with Gasteiger partial charge in [-0.1, -0.05) is 11.6 Å². The lowest BCUT2D eigenvalue weighted by Gasteiger charge is -2.27. The average molecular weight is 252 g/mol. The largest absolute Gasteiger partial charge is 0.492 e. The summed E-state index contributed by atoms with van der Waals surface area (Å²) in [5.41, 5.74) is 4.87. The summed E-state index contributed by atoms with van der Waals surface area (Å²) in [6.07, 6.45) is -4.08. The number of hydrogen-bond acceptors (Lipinski definition) is 2. The van der Waals surface area contributed by atoms with Crippen molar-refractivity contribution >= 4 is 11.6 Å². The van der Waals surface area contributed by atoms with Crippen molar-refractivity contribution in [1.82, 2.24) is 0 Å². The Morgan fingerprint density at radius 1 is 1.38 bits per heavy atom. The fourth-order valence-electron chi connectivity index (χ4n) is 1.77. The third-order valence-electron chi connectivity index (χ3n) is 2.50. The van der Waals surface area contributed by atoms with Gasteiger partial charge in [0.1, 0.15) is 5.75 Å². The number of halogens is 4. The summed E-state index contributed by atoms with van der Waals surface area (Å²) < 4.78 is 43.3. The molecule has 1 aliphatic rings. The van der Waals surface area contributed by atoms with Crippen LogP contribution in [0.2, 0.25) is 5.02 Å². The van der Waals surface area contributed by atoms with Crippen LogP contribution in [0.4, 0.5) is 13.2 Å². The third-order valence-corrected chi connectivity index (χ3v) is 2.80. The summed E-state index contributed by atoms with van der Waals surface area (Å²) in [6.45, 7) is 0.287. The van der Waals surface area contributed by atoms with Crippen LogP contribution in [0.25, 0.3) is 0 Å². The molecule has 2 N–H and O–H groups in total. The van der Waals surface area contributed by atoms with Crippen LogP contribution in [0.3, 0.4) is 0 Å². The van der Waals surface area contributed by atoms with Crippen LogP contribution >= 0.6 is 11.6 Å². The molecule has 0 fully saturated rings. The topological polar surface area (TPSA) is 35.2 Å². The minimum absolute atomic E-state index is 0.0359. The van der Waals surface area contributed by atoms with Crippen molar-refractivity contribution in [3.63, 3.8) is 0 Å². The maximum atomic E-state index is 12.7. The normalized spacial score (nSPS) is 20.2. The van der Waals surface area contributed by atoms with E-state index in [1.54, 1.807) is 0 Å². The van der Waals surface area contributed by atoms with Gasteiger partial charge in [0.2, 0.25) is 0 Å². The third kappa shape index (κ3) is 1.85. The van der Waals surface area contributed by atoms with E-state index in [4.69, 9.17) is 22.1 Å². The van der Waals surface area contributed by atoms with Crippen LogP contribution in [-0.2, 0) is 6.18 Å². The molecule has 6 heteroatoms. The van der Waals surface area contributed by atoms with Crippen molar-refractivity contribution in [3.05, 3.63) is 28.3 Å². The molecule has 2 rings (SSSR count). The summed E-state index contributed by atoms with van der Waals surface area (Å²) in [5, 5.41) is 0.165. The van der Waals surface area contributed by atoms with Gasteiger partial charge in [0.05, 0.1) is 17.2 Å². The Hall–Kier alpha value is -0.940. The molecule has 0 aromatic heterocycles. The number of nitrogens with two attached hydrogens (primary N) is 1. The Morgan fingerprint density at radius 3 is 2.69 bits per heavy atom. The van der Waals surface area contributed by atoms with Gasteiger partial charge in [0.15, 0.2) is 0 Å². The van der Waals surface area contributed by atoms with Gasteiger partial charge in [0.25, 0.3) is 0 Å². The summed E-state index contributed by atoms with van der Waals surface area (Å²) in [5.74, 6) is 0.0650. The Balaban J connectivity index is 2.64. The molecule has 16 heavy (non-hydrogen) atoms. The van der Waals surface area contributed by atoms with Crippen LogP contribution in [0, 0.1) is 0 Å². The number of ether oxygens (including phenoxy) is 1. The molecule has 1 aromatic rings. The lowest BCUT2D eigenvalue weighted by atomic mass is 9.95. The first kappa shape index (κ1) is 11.5. The second-order valence-corrected chi connectivity index (χ2v) is 3.99. The number of benzene rings is 1. The number of rotatable bonds is 0. The van der Waals surface area contributed by atoms with Crippen LogP contribution < -0.4 is 10.5 Å². The molecule has 0 aliphatic carbocycles. The lowest BCUT2D eigenvalue weighted by molar-refractivity contribution is -0.138. The van der Waals surface area contributed by atoms with Gasteiger partial charge < -0.3 is 10.5 Å². The van der Waals surface area contributed by atoms with E-state index in [0.29, 0.717) is 6.42 Å². The molecule has 0 spiro atoms. The first-order valence-corrected chi connectivity index (χ1v) is 5.07. The van der Waals surface area contributed by atoms with Crippen LogP contribution in [0.15, 0.2) is 12.1 Å². The van der Waals surface area contributed by atoms with Gasteiger partial charge in [-0.2, -0.15) is 13.2 Å². The Bertz CT molecular complexity index is 419. The summed E-state index contributed by atoms with van der Waals surface area (Å²) >= 11 is 5.78. The van der Waals surface area contributed by atoms with Crippen molar-refractivity contribution in [2.45, 2.75) is 18.6 Å². The van der Waals surface area contributed by atoms with Crippen molar-refractivity contribution in [3.8, 4) is 5.75 Å². The highest BCUT2D eigenvalue weighted by molar-refractivity contribution is 6.32. The van der Waals surface area contributed by atoms with E-state index in [9.17, 15) is 13.2 Å². The van der Waals surface area contributed by atoms with E-state index in [2.05, 4.69) is 0 Å². The Labute approximate surface area is 95.1 Å². The zero-order valence-corrected chi connectivity index (χ0v) is 8.90. The predicted octanol–water partition coefficient (Wildman–Crippen LogP) is 3.14. The molecule has 1 atom stereocenters. The summed E-state index contributed by atoms with van der Waals surface area (Å²) in [7, 11) is 0. The van der Waals surface area contributed by atoms with Crippen molar-refractivity contribution in [2.75, 3.05) is 6.61 Å². The predicted molar refractivity (Wildman–Crippen MR) is 53.5 cm³/mol. The number of fused-ring (bicyclic) bond motifs is 1. The number of hydrogen-bond donors (Lipinski definition) is 1. The maximum absolute atomic E-state index is 12.7. The van der Waals surface area contributed by atoms with Gasteiger partial charge in [0, 0.05) is 18.0 Å². The van der Waals surface area contributed by atoms with Gasteiger partial charge >= 0.3 is 6.18 Å². The van der Waals surface area contributed by atoms with Crippen molar-refractivity contribution in [1.29, 1.82) is 0 Å². The van der Waals surface area contributed by atoms with Crippen LogP contribution in [0.1, 0.15) is 23.6 Å². The molecule has 0 amide bonds. The molecular formula is C10H9ClF3NO. The van der Waals surface area contributed by atoms with E-state index >= 15 is 0 Å². The second kappa shape index (κ2) is 3.82. The van der Waals surface area contributed by atoms with E-state index in [0.717, 1.165) is 6.07 Å². The Kier molecular flexibility index (Phi) is 2.75. The Morgan fingerprint density at radius 2 is 2.06 bits per heavy atom. The monoisotopic (exact) mass is 251 g/mol. The smallest absolute Gasteiger partial charge is 0.416 e. The second-order valence-electron chi connectivity index (χ2n) is 3.58. The standard InChI is InChI=1S/C10H9ClF3NO/c11-6-2-1-5(10(12,13)14)8-7(15)3-4-16-9(6)8/h1-2,7H,3-4,15H2/t7-/m0/s1. The molecule has 1 aliphatic heterocycles. The molecular weight excluding hydrogens is 243 g/mol. The molecule has 1 aromatic carbocycles. The summed E-state index contributed by atoms with van der Waals surface area (Å²) in [6, 6.07) is 1.44. The average Bonchev–Trinajstić information content (AvgIpc) is 2.18. The highest BCUT2D eigenvalue weighted by atomic mass is 35.5. The molecule has 0 bridgehead atoms. The maximum Gasteiger partial charge on any atom is 0.416 e. The van der Waals surface area contributed by atoms with Gasteiger partial charge in [-0.15, -0.1) is 0 Å². The van der Waals surface area contributed by atoms with Crippen LogP contribution in [-0.4, -0.2) is 6.61 Å². The van der Waals surface area contributed by atoms with E-state index in [1.807, 2.05) is 0 Å². The summed E-state index contributed by atoms with van der Waals surface area (Å²) in [4.78, 5) is 0. The fourth-order valence-corrected chi connectivity index (χ4v) is 1.99. The lowest BCUT2D eigenvalue weighted by Crippen LogP contribution is -2.25. The van der Waals surface area contributed by atoms with E-state index in [-0.39, 0.29) is 22.9 Å². The minimum atomic E-state index is -4.44. The number of alkyl halides is 3. The molecule has 88 valence electrons. The molecule has 0 unspecified atom stereocenters. The molecule has 2 nitrogen and oxygen atoms in total. The zero-order valence-electron chi connectivity index (χ0n) is 8.14. The van der Waals surface area contributed by atoms with Gasteiger partial charge in [-0.25, -0.2) is 0 Å². The van der Waals surface area contributed by atoms with Gasteiger partial charge in [-0.3, -0.25) is 0 Å². The molecule has 0 radical (unpaired) electrons. The first-order valence-electron chi connectivity index (χ1n) is 4.69. The quantitative estimate of drug-likeness (QED) is 0.769. The molecule has 1 heterocycles. The van der Waals surface area contributed by atoms with Gasteiger partial charge in [-0.05, 0) is 12.1 Å². The van der Waals surface area contributed by atoms with Crippen molar-refractivity contribution < 1.29 is 17.9 Å². The van der Waals surface area contributed by atoms with E-state index < -0.39 is 17.8 Å². The highest BCUT2D eigenvalue weighted by Crippen LogP contribution is 2.44. The minimum Gasteiger partial charge on any atom is -0.492 e. The molecule has 0 saturated carbocycles. The van der Waals surface area contributed by atoms with Crippen molar-refractivity contribution in [2.24, 2.45) is 5.73 Å². The SMILES string of the molecule is N[C@H]1CCOc2c(Cl)ccc(C(F)(F)F)c21. The zero-order chi connectivity index (χ0) is 11.9. The highest BCUT2D eigenvalue weighted by Gasteiger charge is 2.38. The first-order chi connectivity index (χ1) is 7.41. The van der Waals surface area contributed by atoms with E-state index in [1.165, 1.54) is 6.07 Å². The van der Waals surface area contributed by atoms with Crippen LogP contribution in [0.5, 0.6) is 5.75 Å². The fraction of sp³-hybridized carbons (Fsp3) is 0.400. The molecule has 0 saturated heterocycles.